The number of carbonyl (C=O) groups excluding carboxylic acids is 1. The fraction of sp³-hybridized carbons (Fsp3) is 0.517. The van der Waals surface area contributed by atoms with Gasteiger partial charge in [0.1, 0.15) is 11.5 Å². The smallest absolute Gasteiger partial charge is 0.333 e. The topological polar surface area (TPSA) is 123 Å². The van der Waals surface area contributed by atoms with Crippen LogP contribution in [0.15, 0.2) is 46.1 Å². The zero-order valence-electron chi connectivity index (χ0n) is 23.2. The Labute approximate surface area is 247 Å². The number of hydrogen-bond acceptors (Lipinski definition) is 7. The van der Waals surface area contributed by atoms with Crippen LogP contribution < -0.4 is 20.9 Å². The molecular weight excluding hydrogens is 581 g/mol. The summed E-state index contributed by atoms with van der Waals surface area (Å²) in [7, 11) is -3.33. The van der Waals surface area contributed by atoms with E-state index in [0.29, 0.717) is 49.9 Å². The van der Waals surface area contributed by atoms with Crippen LogP contribution in [0.3, 0.4) is 0 Å². The normalized spacial score (nSPS) is 23.1. The zero-order chi connectivity index (χ0) is 29.4. The summed E-state index contributed by atoms with van der Waals surface area (Å²) < 4.78 is 43.2. The predicted octanol–water partition coefficient (Wildman–Crippen LogP) is 3.61. The van der Waals surface area contributed by atoms with Crippen LogP contribution in [-0.4, -0.2) is 58.3 Å². The first-order chi connectivity index (χ1) is 20.2. The molecule has 2 aliphatic heterocycles. The quantitative estimate of drug-likeness (QED) is 0.465. The summed E-state index contributed by atoms with van der Waals surface area (Å²) in [4.78, 5) is 44.4. The van der Waals surface area contributed by atoms with Crippen LogP contribution in [0.1, 0.15) is 73.8 Å². The molecule has 1 aromatic carbocycles. The minimum Gasteiger partial charge on any atom is -0.349 e. The molecule has 6 rings (SSSR count). The van der Waals surface area contributed by atoms with Crippen molar-refractivity contribution in [1.82, 2.24) is 19.4 Å². The fourth-order valence-electron chi connectivity index (χ4n) is 6.40. The molecule has 2 saturated heterocycles. The van der Waals surface area contributed by atoms with E-state index in [-0.39, 0.29) is 40.8 Å². The van der Waals surface area contributed by atoms with Gasteiger partial charge in [-0.15, -0.1) is 0 Å². The Morgan fingerprint density at radius 1 is 0.952 bits per heavy atom. The van der Waals surface area contributed by atoms with Gasteiger partial charge in [0.15, 0.2) is 0 Å². The first kappa shape index (κ1) is 28.9. The summed E-state index contributed by atoms with van der Waals surface area (Å²) >= 11 is 1.83. The molecule has 0 atom stereocenters. The summed E-state index contributed by atoms with van der Waals surface area (Å²) in [6, 6.07) is 7.17. The summed E-state index contributed by atoms with van der Waals surface area (Å²) in [5.74, 6) is 1.07. The molecule has 224 valence electrons. The number of amides is 1. The van der Waals surface area contributed by atoms with E-state index in [4.69, 9.17) is 0 Å². The molecular formula is C29H34FN5O5S2. The van der Waals surface area contributed by atoms with Gasteiger partial charge in [-0.1, -0.05) is 0 Å². The lowest BCUT2D eigenvalue weighted by molar-refractivity contribution is 0.0922. The highest BCUT2D eigenvalue weighted by Gasteiger charge is 2.30. The lowest BCUT2D eigenvalue weighted by Gasteiger charge is -2.31. The van der Waals surface area contributed by atoms with Crippen LogP contribution in [0.25, 0.3) is 11.0 Å². The average molecular weight is 616 g/mol. The van der Waals surface area contributed by atoms with E-state index >= 15 is 0 Å². The van der Waals surface area contributed by atoms with E-state index in [1.165, 1.54) is 14.9 Å². The maximum Gasteiger partial charge on any atom is 0.333 e. The Hall–Kier alpha value is -3.19. The number of nitrogens with one attached hydrogen (secondary N) is 1. The molecule has 1 aliphatic carbocycles. The van der Waals surface area contributed by atoms with Crippen LogP contribution in [-0.2, 0) is 10.0 Å². The molecule has 13 heteroatoms. The number of carbonyl (C=O) groups is 1. The van der Waals surface area contributed by atoms with Crippen molar-refractivity contribution < 1.29 is 17.6 Å². The van der Waals surface area contributed by atoms with Crippen LogP contribution in [0.2, 0.25) is 0 Å². The van der Waals surface area contributed by atoms with Gasteiger partial charge in [0.25, 0.3) is 11.5 Å². The van der Waals surface area contributed by atoms with Gasteiger partial charge < -0.3 is 5.32 Å². The van der Waals surface area contributed by atoms with E-state index < -0.39 is 27.1 Å². The first-order valence-electron chi connectivity index (χ1n) is 14.5. The molecule has 4 heterocycles. The van der Waals surface area contributed by atoms with Gasteiger partial charge >= 0.3 is 5.69 Å². The van der Waals surface area contributed by atoms with E-state index in [9.17, 15) is 27.2 Å². The van der Waals surface area contributed by atoms with Crippen LogP contribution >= 0.6 is 11.8 Å². The first-order valence-corrected chi connectivity index (χ1v) is 17.3. The predicted molar refractivity (Wildman–Crippen MR) is 161 cm³/mol. The SMILES string of the molecule is O=C(N[C@H]1CC[C@@H](n2c(=O)c3cc(F)cnc3n(C3CCSCC3)c2=O)CC1)c1ccc(N2CCCCS2(=O)=O)cc1. The molecule has 0 bridgehead atoms. The number of rotatable bonds is 5. The molecule has 1 N–H and O–H groups in total. The van der Waals surface area contributed by atoms with Crippen molar-refractivity contribution in [3.05, 3.63) is 68.7 Å². The number of benzene rings is 1. The van der Waals surface area contributed by atoms with E-state index in [0.717, 1.165) is 37.0 Å². The summed E-state index contributed by atoms with van der Waals surface area (Å²) in [5.41, 5.74) is 0.312. The van der Waals surface area contributed by atoms with Crippen LogP contribution in [0.5, 0.6) is 0 Å². The van der Waals surface area contributed by atoms with Crippen molar-refractivity contribution in [3.8, 4) is 0 Å². The van der Waals surface area contributed by atoms with Crippen LogP contribution in [0.4, 0.5) is 10.1 Å². The maximum absolute atomic E-state index is 14.2. The molecule has 10 nitrogen and oxygen atoms in total. The third-order valence-corrected chi connectivity index (χ3v) is 11.6. The molecule has 3 aromatic rings. The van der Waals surface area contributed by atoms with Gasteiger partial charge in [-0.25, -0.2) is 22.6 Å². The molecule has 3 fully saturated rings. The monoisotopic (exact) mass is 615 g/mol. The molecule has 1 amide bonds. The molecule has 3 aliphatic rings. The number of pyridine rings is 1. The lowest BCUT2D eigenvalue weighted by atomic mass is 9.90. The summed E-state index contributed by atoms with van der Waals surface area (Å²) in [6.07, 6.45) is 6.25. The third kappa shape index (κ3) is 5.60. The number of hydrogen-bond donors (Lipinski definition) is 1. The number of aromatic nitrogens is 3. The number of halogens is 1. The Morgan fingerprint density at radius 3 is 2.33 bits per heavy atom. The van der Waals surface area contributed by atoms with Gasteiger partial charge in [-0.3, -0.25) is 23.0 Å². The molecule has 2 aromatic heterocycles. The summed E-state index contributed by atoms with van der Waals surface area (Å²) in [5, 5.41) is 3.16. The van der Waals surface area contributed by atoms with Gasteiger partial charge in [0.05, 0.1) is 23.0 Å². The van der Waals surface area contributed by atoms with Gasteiger partial charge in [0, 0.05) is 30.2 Å². The highest BCUT2D eigenvalue weighted by molar-refractivity contribution is 7.99. The van der Waals surface area contributed by atoms with Crippen molar-refractivity contribution in [2.24, 2.45) is 0 Å². The lowest BCUT2D eigenvalue weighted by Crippen LogP contribution is -2.46. The van der Waals surface area contributed by atoms with Crippen molar-refractivity contribution in [3.63, 3.8) is 0 Å². The van der Waals surface area contributed by atoms with E-state index in [1.807, 2.05) is 11.8 Å². The van der Waals surface area contributed by atoms with Gasteiger partial charge in [-0.05, 0) is 93.2 Å². The molecule has 1 saturated carbocycles. The standard InChI is InChI=1S/C29H34FN5O5S2/c30-20-17-25-26(31-18-20)34(24-11-14-41-15-12-24)29(38)35(28(25)37)23-9-5-21(6-10-23)32-27(36)19-3-7-22(8-4-19)33-13-1-2-16-42(33,39)40/h3-4,7-8,17-18,21,23-24H,1-2,5-6,9-16H2,(H,32,36)/t21-,23+. The second kappa shape index (κ2) is 11.8. The minimum atomic E-state index is -3.33. The van der Waals surface area contributed by atoms with E-state index in [1.54, 1.807) is 28.8 Å². The van der Waals surface area contributed by atoms with Crippen LogP contribution in [0, 0.1) is 5.82 Å². The van der Waals surface area contributed by atoms with E-state index in [2.05, 4.69) is 10.3 Å². The number of thioether (sulfide) groups is 1. The highest BCUT2D eigenvalue weighted by Crippen LogP contribution is 2.30. The number of sulfonamides is 1. The Balaban J connectivity index is 1.17. The Kier molecular flexibility index (Phi) is 8.14. The Morgan fingerprint density at radius 2 is 1.64 bits per heavy atom. The molecule has 0 unspecified atom stereocenters. The summed E-state index contributed by atoms with van der Waals surface area (Å²) in [6.45, 7) is 0.438. The van der Waals surface area contributed by atoms with Crippen molar-refractivity contribution in [2.45, 2.75) is 69.5 Å². The van der Waals surface area contributed by atoms with Crippen molar-refractivity contribution in [1.29, 1.82) is 0 Å². The third-order valence-electron chi connectivity index (χ3n) is 8.64. The molecule has 0 radical (unpaired) electrons. The number of fused-ring (bicyclic) bond motifs is 1. The minimum absolute atomic E-state index is 0.0944. The van der Waals surface area contributed by atoms with Gasteiger partial charge in [0.2, 0.25) is 10.0 Å². The highest BCUT2D eigenvalue weighted by atomic mass is 32.2. The van der Waals surface area contributed by atoms with Crippen molar-refractivity contribution >= 4 is 44.4 Å². The largest absolute Gasteiger partial charge is 0.349 e. The molecule has 0 spiro atoms. The average Bonchev–Trinajstić information content (AvgIpc) is 2.99. The zero-order valence-corrected chi connectivity index (χ0v) is 24.8. The number of nitrogens with zero attached hydrogens (tertiary/aromatic N) is 4. The maximum atomic E-state index is 14.2. The number of anilines is 1. The Bertz CT molecular complexity index is 1710. The van der Waals surface area contributed by atoms with Gasteiger partial charge in [-0.2, -0.15) is 11.8 Å². The fourth-order valence-corrected chi connectivity index (χ4v) is 9.13. The second-order valence-corrected chi connectivity index (χ2v) is 14.6. The second-order valence-electron chi connectivity index (χ2n) is 11.3. The molecule has 42 heavy (non-hydrogen) atoms. The van der Waals surface area contributed by atoms with Crippen molar-refractivity contribution in [2.75, 3.05) is 28.1 Å².